The molecule has 0 unspecified atom stereocenters. The van der Waals surface area contributed by atoms with Crippen molar-refractivity contribution >= 4 is 34.4 Å². The molecule has 0 aromatic carbocycles. The van der Waals surface area contributed by atoms with Crippen molar-refractivity contribution in [3.8, 4) is 10.6 Å². The number of hydrogen-bond acceptors (Lipinski definition) is 6. The van der Waals surface area contributed by atoms with E-state index in [4.69, 9.17) is 4.98 Å². The smallest absolute Gasteiger partial charge is 0.208 e. The summed E-state index contributed by atoms with van der Waals surface area (Å²) in [6.07, 6.45) is 5.13. The summed E-state index contributed by atoms with van der Waals surface area (Å²) in [5, 5.41) is 15.7. The summed E-state index contributed by atoms with van der Waals surface area (Å²) < 4.78 is 0. The highest BCUT2D eigenvalue weighted by molar-refractivity contribution is 7.98. The molecule has 1 fully saturated rings. The van der Waals surface area contributed by atoms with Gasteiger partial charge in [0.05, 0.1) is 5.69 Å². The van der Waals surface area contributed by atoms with Gasteiger partial charge in [-0.15, -0.1) is 16.4 Å². The Morgan fingerprint density at radius 1 is 1.23 bits per heavy atom. The van der Waals surface area contributed by atoms with Gasteiger partial charge in [0.15, 0.2) is 0 Å². The van der Waals surface area contributed by atoms with Crippen LogP contribution < -0.4 is 0 Å². The highest BCUT2D eigenvalue weighted by atomic mass is 32.2. The van der Waals surface area contributed by atoms with E-state index in [1.54, 1.807) is 34.4 Å². The number of thiophene rings is 1. The predicted octanol–water partition coefficient (Wildman–Crippen LogP) is 4.94. The molecule has 22 heavy (non-hydrogen) atoms. The Balaban J connectivity index is 1.38. The Morgan fingerprint density at radius 2 is 2.14 bits per heavy atom. The van der Waals surface area contributed by atoms with E-state index in [2.05, 4.69) is 37.4 Å². The van der Waals surface area contributed by atoms with Crippen molar-refractivity contribution in [1.82, 2.24) is 20.2 Å². The molecule has 3 heterocycles. The van der Waals surface area contributed by atoms with Crippen LogP contribution in [0.5, 0.6) is 0 Å². The van der Waals surface area contributed by atoms with Gasteiger partial charge in [-0.25, -0.2) is 9.97 Å². The molecule has 1 aliphatic carbocycles. The molecule has 1 aliphatic rings. The fourth-order valence-corrected chi connectivity index (χ4v) is 5.07. The number of aromatic nitrogens is 4. The van der Waals surface area contributed by atoms with E-state index in [0.717, 1.165) is 27.4 Å². The average molecular weight is 349 g/mol. The lowest BCUT2D eigenvalue weighted by Crippen LogP contribution is -1.94. The number of H-pyrrole nitrogens is 1. The maximum Gasteiger partial charge on any atom is 0.208 e. The second-order valence-electron chi connectivity index (χ2n) is 5.43. The lowest BCUT2D eigenvalue weighted by molar-refractivity contribution is 0.671. The fourth-order valence-electron chi connectivity index (χ4n) is 2.74. The second kappa shape index (κ2) is 6.52. The van der Waals surface area contributed by atoms with Crippen molar-refractivity contribution in [2.75, 3.05) is 0 Å². The van der Waals surface area contributed by atoms with Gasteiger partial charge < -0.3 is 0 Å². The van der Waals surface area contributed by atoms with E-state index >= 15 is 0 Å². The van der Waals surface area contributed by atoms with E-state index in [0.29, 0.717) is 5.92 Å². The third-order valence-corrected chi connectivity index (χ3v) is 6.40. The van der Waals surface area contributed by atoms with Crippen molar-refractivity contribution in [3.63, 3.8) is 0 Å². The van der Waals surface area contributed by atoms with Crippen molar-refractivity contribution in [2.45, 2.75) is 42.5 Å². The Bertz CT molecular complexity index is 726. The van der Waals surface area contributed by atoms with E-state index < -0.39 is 0 Å². The topological polar surface area (TPSA) is 54.5 Å². The number of nitrogens with zero attached hydrogens (tertiary/aromatic N) is 3. The summed E-state index contributed by atoms with van der Waals surface area (Å²) in [5.74, 6) is 2.48. The molecule has 0 spiro atoms. The van der Waals surface area contributed by atoms with Crippen LogP contribution in [-0.2, 0) is 5.75 Å². The van der Waals surface area contributed by atoms with Crippen LogP contribution >= 0.6 is 34.4 Å². The van der Waals surface area contributed by atoms with Gasteiger partial charge in [-0.2, -0.15) is 11.3 Å². The van der Waals surface area contributed by atoms with Gasteiger partial charge in [-0.05, 0) is 24.3 Å². The molecular formula is C15H16N4S3. The molecule has 0 radical (unpaired) electrons. The molecule has 3 aromatic heterocycles. The molecule has 0 amide bonds. The van der Waals surface area contributed by atoms with Crippen LogP contribution in [0.1, 0.15) is 43.1 Å². The highest BCUT2D eigenvalue weighted by Gasteiger charge is 2.20. The molecule has 0 aliphatic heterocycles. The SMILES string of the molecule is c1cc(-c2nc(CSc3n[nH]c(C4CCCC4)n3)cs2)cs1. The highest BCUT2D eigenvalue weighted by Crippen LogP contribution is 2.33. The van der Waals surface area contributed by atoms with E-state index in [9.17, 15) is 0 Å². The Labute approximate surface area is 141 Å². The van der Waals surface area contributed by atoms with Crippen LogP contribution in [0.4, 0.5) is 0 Å². The molecule has 0 bridgehead atoms. The van der Waals surface area contributed by atoms with Crippen LogP contribution in [0.25, 0.3) is 10.6 Å². The summed E-state index contributed by atoms with van der Waals surface area (Å²) in [5.41, 5.74) is 2.32. The van der Waals surface area contributed by atoms with Crippen molar-refractivity contribution < 1.29 is 0 Å². The average Bonchev–Trinajstić information content (AvgIpc) is 3.33. The third kappa shape index (κ3) is 3.11. The molecule has 1 saturated carbocycles. The molecule has 7 heteroatoms. The van der Waals surface area contributed by atoms with E-state index in [1.165, 1.54) is 31.2 Å². The van der Waals surface area contributed by atoms with Crippen molar-refractivity contribution in [3.05, 3.63) is 33.7 Å². The zero-order valence-corrected chi connectivity index (χ0v) is 14.4. The van der Waals surface area contributed by atoms with Gasteiger partial charge in [0.25, 0.3) is 0 Å². The second-order valence-corrected chi connectivity index (χ2v) is 8.01. The third-order valence-electron chi connectivity index (χ3n) is 3.89. The first-order valence-corrected chi connectivity index (χ1v) is 10.2. The molecule has 3 aromatic rings. The lowest BCUT2D eigenvalue weighted by atomic mass is 10.1. The molecular weight excluding hydrogens is 332 g/mol. The minimum atomic E-state index is 0.589. The number of hydrogen-bond donors (Lipinski definition) is 1. The maximum atomic E-state index is 4.69. The van der Waals surface area contributed by atoms with Gasteiger partial charge >= 0.3 is 0 Å². The zero-order chi connectivity index (χ0) is 14.8. The van der Waals surface area contributed by atoms with Gasteiger partial charge in [0.1, 0.15) is 10.8 Å². The Hall–Kier alpha value is -1.18. The zero-order valence-electron chi connectivity index (χ0n) is 12.0. The van der Waals surface area contributed by atoms with Gasteiger partial charge in [-0.1, -0.05) is 24.6 Å². The monoisotopic (exact) mass is 348 g/mol. The largest absolute Gasteiger partial charge is 0.262 e. The number of nitrogens with one attached hydrogen (secondary N) is 1. The molecule has 0 atom stereocenters. The summed E-state index contributed by atoms with van der Waals surface area (Å²) >= 11 is 5.06. The predicted molar refractivity (Wildman–Crippen MR) is 92.6 cm³/mol. The fraction of sp³-hybridized carbons (Fsp3) is 0.400. The Morgan fingerprint density at radius 3 is 2.95 bits per heavy atom. The number of thiazole rings is 1. The standard InChI is InChI=1S/C15H16N4S3/c1-2-4-10(3-1)13-17-15(19-18-13)22-9-12-8-21-14(16-12)11-5-6-20-7-11/h5-8,10H,1-4,9H2,(H,17,18,19). The Kier molecular flexibility index (Phi) is 4.27. The quantitative estimate of drug-likeness (QED) is 0.664. The first kappa shape index (κ1) is 14.4. The van der Waals surface area contributed by atoms with Crippen molar-refractivity contribution in [1.29, 1.82) is 0 Å². The lowest BCUT2D eigenvalue weighted by Gasteiger charge is -2.01. The van der Waals surface area contributed by atoms with Gasteiger partial charge in [0.2, 0.25) is 5.16 Å². The first-order chi connectivity index (χ1) is 10.9. The molecule has 0 saturated heterocycles. The molecule has 1 N–H and O–H groups in total. The van der Waals surface area contributed by atoms with Crippen LogP contribution in [-0.4, -0.2) is 20.2 Å². The summed E-state index contributed by atoms with van der Waals surface area (Å²) in [6, 6.07) is 2.11. The first-order valence-electron chi connectivity index (χ1n) is 7.40. The summed E-state index contributed by atoms with van der Waals surface area (Å²) in [6.45, 7) is 0. The van der Waals surface area contributed by atoms with Gasteiger partial charge in [-0.3, -0.25) is 5.10 Å². The summed E-state index contributed by atoms with van der Waals surface area (Å²) in [4.78, 5) is 9.33. The minimum absolute atomic E-state index is 0.589. The molecule has 4 rings (SSSR count). The van der Waals surface area contributed by atoms with Crippen LogP contribution in [0, 0.1) is 0 Å². The van der Waals surface area contributed by atoms with E-state index in [1.807, 2.05) is 0 Å². The van der Waals surface area contributed by atoms with Crippen LogP contribution in [0.2, 0.25) is 0 Å². The maximum absolute atomic E-state index is 4.69. The van der Waals surface area contributed by atoms with Crippen LogP contribution in [0.15, 0.2) is 27.4 Å². The minimum Gasteiger partial charge on any atom is -0.262 e. The summed E-state index contributed by atoms with van der Waals surface area (Å²) in [7, 11) is 0. The van der Waals surface area contributed by atoms with Crippen molar-refractivity contribution in [2.24, 2.45) is 0 Å². The van der Waals surface area contributed by atoms with Crippen LogP contribution in [0.3, 0.4) is 0 Å². The number of rotatable bonds is 5. The normalized spacial score (nSPS) is 15.6. The van der Waals surface area contributed by atoms with Gasteiger partial charge in [0, 0.05) is 28.0 Å². The molecule has 114 valence electrons. The number of thioether (sulfide) groups is 1. The van der Waals surface area contributed by atoms with E-state index in [-0.39, 0.29) is 0 Å². The molecule has 4 nitrogen and oxygen atoms in total. The number of aromatic amines is 1.